The van der Waals surface area contributed by atoms with Gasteiger partial charge in [-0.05, 0) is 92.7 Å². The molecule has 1 aromatic carbocycles. The molecule has 2 saturated heterocycles. The van der Waals surface area contributed by atoms with E-state index in [-0.39, 0.29) is 17.8 Å². The number of hydrogen-bond acceptors (Lipinski definition) is 3. The lowest BCUT2D eigenvalue weighted by molar-refractivity contribution is -0.120. The fraction of sp³-hybridized carbons (Fsp3) is 0.750. The molecule has 3 atom stereocenters. The summed E-state index contributed by atoms with van der Waals surface area (Å²) in [6, 6.07) is 8.44. The van der Waals surface area contributed by atoms with Crippen molar-refractivity contribution in [3.8, 4) is 0 Å². The van der Waals surface area contributed by atoms with Crippen LogP contribution in [0, 0.1) is 23.2 Å². The molecular formula is C24H33ClN3O. The number of ether oxygens (including phenoxy) is 1. The molecule has 4 aliphatic carbocycles. The maximum absolute atomic E-state index is 6.46. The molecule has 4 saturated carbocycles. The van der Waals surface area contributed by atoms with Gasteiger partial charge in [0.05, 0.1) is 12.6 Å². The molecule has 4 nitrogen and oxygen atoms in total. The summed E-state index contributed by atoms with van der Waals surface area (Å²) in [4.78, 5) is 0. The topological polar surface area (TPSA) is 47.4 Å². The first-order chi connectivity index (χ1) is 14.1. The third-order valence-electron chi connectivity index (χ3n) is 8.55. The number of benzene rings is 1. The first-order valence-electron chi connectivity index (χ1n) is 11.7. The van der Waals surface area contributed by atoms with Gasteiger partial charge in [-0.1, -0.05) is 17.7 Å². The minimum absolute atomic E-state index is 0.0944. The van der Waals surface area contributed by atoms with E-state index in [2.05, 4.69) is 22.8 Å². The third-order valence-corrected chi connectivity index (χ3v) is 8.79. The Morgan fingerprint density at radius 3 is 2.52 bits per heavy atom. The number of rotatable bonds is 5. The van der Waals surface area contributed by atoms with Crippen molar-refractivity contribution < 1.29 is 4.74 Å². The number of nitrogens with one attached hydrogen (secondary N) is 2. The summed E-state index contributed by atoms with van der Waals surface area (Å²) in [5, 5.41) is 13.3. The number of hydrogen-bond donors (Lipinski definition) is 2. The van der Waals surface area contributed by atoms with Gasteiger partial charge in [-0.15, -0.1) is 0 Å². The second-order valence-corrected chi connectivity index (χ2v) is 11.1. The molecule has 2 heterocycles. The van der Waals surface area contributed by atoms with Crippen molar-refractivity contribution in [1.82, 2.24) is 10.6 Å². The number of halogens is 1. The molecular weight excluding hydrogens is 382 g/mol. The highest BCUT2D eigenvalue weighted by Crippen LogP contribution is 2.62. The maximum atomic E-state index is 6.46. The number of morpholine rings is 1. The molecule has 6 aliphatic rings. The largest absolute Gasteiger partial charge is 0.380 e. The quantitative estimate of drug-likeness (QED) is 0.749. The summed E-state index contributed by atoms with van der Waals surface area (Å²) in [5.74, 6) is 2.92. The van der Waals surface area contributed by atoms with Crippen LogP contribution in [0.4, 0.5) is 5.69 Å². The normalized spacial score (nSPS) is 43.9. The fourth-order valence-corrected chi connectivity index (χ4v) is 8.08. The average molecular weight is 415 g/mol. The lowest BCUT2D eigenvalue weighted by Crippen LogP contribution is -2.75. The van der Waals surface area contributed by atoms with E-state index in [1.807, 2.05) is 12.1 Å². The number of anilines is 1. The summed E-state index contributed by atoms with van der Waals surface area (Å²) >= 11 is 6.31. The van der Waals surface area contributed by atoms with Gasteiger partial charge < -0.3 is 10.1 Å². The van der Waals surface area contributed by atoms with Crippen molar-refractivity contribution in [3.05, 3.63) is 29.3 Å². The van der Waals surface area contributed by atoms with Gasteiger partial charge in [-0.25, -0.2) is 5.32 Å². The zero-order valence-electron chi connectivity index (χ0n) is 17.2. The van der Waals surface area contributed by atoms with Crippen molar-refractivity contribution in [2.75, 3.05) is 25.0 Å². The fourth-order valence-electron chi connectivity index (χ4n) is 7.89. The van der Waals surface area contributed by atoms with Gasteiger partial charge in [0.1, 0.15) is 11.8 Å². The Morgan fingerprint density at radius 2 is 1.90 bits per heavy atom. The molecule has 1 spiro atoms. The molecule has 1 radical (unpaired) electrons. The molecule has 1 aromatic rings. The summed E-state index contributed by atoms with van der Waals surface area (Å²) in [6.45, 7) is 2.60. The minimum Gasteiger partial charge on any atom is -0.380 e. The zero-order chi connectivity index (χ0) is 19.5. The second-order valence-electron chi connectivity index (χ2n) is 10.7. The highest BCUT2D eigenvalue weighted by Gasteiger charge is 2.55. The predicted molar refractivity (Wildman–Crippen MR) is 116 cm³/mol. The minimum atomic E-state index is -0.184. The van der Waals surface area contributed by atoms with Crippen molar-refractivity contribution in [2.45, 2.75) is 69.2 Å². The predicted octanol–water partition coefficient (Wildman–Crippen LogP) is 4.42. The van der Waals surface area contributed by atoms with E-state index in [1.54, 1.807) is 0 Å². The SMILES string of the molecule is Clc1cccc(NC(CC23CC4CC(CC(C4)C2)C3)C2OCC[N]C23CCN3)c1. The molecule has 2 N–H and O–H groups in total. The Kier molecular flexibility index (Phi) is 4.64. The highest BCUT2D eigenvalue weighted by atomic mass is 35.5. The molecule has 4 bridgehead atoms. The maximum Gasteiger partial charge on any atom is 0.115 e. The molecule has 5 heteroatoms. The van der Waals surface area contributed by atoms with Gasteiger partial charge in [-0.3, -0.25) is 5.32 Å². The van der Waals surface area contributed by atoms with Crippen LogP contribution in [0.25, 0.3) is 0 Å². The van der Waals surface area contributed by atoms with E-state index in [9.17, 15) is 0 Å². The standard InChI is InChI=1S/C24H33ClN3O/c25-19-2-1-3-20(11-19)28-21(22-24(4-5-26-24)27-6-7-29-22)15-23-12-16-8-17(13-23)10-18(9-16)14-23/h1-3,11,16-18,21-22,26,28H,4-10,12-15H2. The van der Waals surface area contributed by atoms with Crippen molar-refractivity contribution in [3.63, 3.8) is 0 Å². The van der Waals surface area contributed by atoms with Crippen LogP contribution in [0.1, 0.15) is 51.4 Å². The molecule has 29 heavy (non-hydrogen) atoms. The summed E-state index contributed by atoms with van der Waals surface area (Å²) < 4.78 is 6.46. The van der Waals surface area contributed by atoms with Crippen molar-refractivity contribution in [2.24, 2.45) is 23.2 Å². The van der Waals surface area contributed by atoms with E-state index >= 15 is 0 Å². The average Bonchev–Trinajstić information content (AvgIpc) is 2.65. The smallest absolute Gasteiger partial charge is 0.115 e. The van der Waals surface area contributed by atoms with Crippen molar-refractivity contribution >= 4 is 17.3 Å². The van der Waals surface area contributed by atoms with E-state index < -0.39 is 0 Å². The van der Waals surface area contributed by atoms with E-state index in [0.717, 1.165) is 54.6 Å². The van der Waals surface area contributed by atoms with Crippen LogP contribution in [0.5, 0.6) is 0 Å². The van der Waals surface area contributed by atoms with Crippen LogP contribution in [0.15, 0.2) is 24.3 Å². The van der Waals surface area contributed by atoms with Crippen LogP contribution in [0.3, 0.4) is 0 Å². The third kappa shape index (κ3) is 3.40. The van der Waals surface area contributed by atoms with Gasteiger partial charge in [0.2, 0.25) is 0 Å². The zero-order valence-corrected chi connectivity index (χ0v) is 18.0. The second kappa shape index (κ2) is 7.12. The summed E-state index contributed by atoms with van der Waals surface area (Å²) in [7, 11) is 0. The molecule has 157 valence electrons. The summed E-state index contributed by atoms with van der Waals surface area (Å²) in [6.07, 6.45) is 11.1. The van der Waals surface area contributed by atoms with Gasteiger partial charge in [0, 0.05) is 23.8 Å². The van der Waals surface area contributed by atoms with Gasteiger partial charge in [0.15, 0.2) is 0 Å². The molecule has 0 aromatic heterocycles. The Hall–Kier alpha value is -0.810. The summed E-state index contributed by atoms with van der Waals surface area (Å²) in [5.41, 5.74) is 1.42. The van der Waals surface area contributed by atoms with E-state index in [1.165, 1.54) is 44.9 Å². The van der Waals surface area contributed by atoms with Gasteiger partial charge >= 0.3 is 0 Å². The lowest BCUT2D eigenvalue weighted by Gasteiger charge is -2.59. The van der Waals surface area contributed by atoms with Crippen molar-refractivity contribution in [1.29, 1.82) is 0 Å². The van der Waals surface area contributed by atoms with Gasteiger partial charge in [-0.2, -0.15) is 0 Å². The first-order valence-corrected chi connectivity index (χ1v) is 12.1. The first kappa shape index (κ1) is 18.9. The van der Waals surface area contributed by atoms with Crippen LogP contribution >= 0.6 is 11.6 Å². The molecule has 0 amide bonds. The Balaban J connectivity index is 1.30. The van der Waals surface area contributed by atoms with E-state index in [4.69, 9.17) is 21.7 Å². The van der Waals surface area contributed by atoms with E-state index in [0.29, 0.717) is 5.41 Å². The lowest BCUT2D eigenvalue weighted by atomic mass is 9.48. The molecule has 6 fully saturated rings. The molecule has 3 unspecified atom stereocenters. The molecule has 2 aliphatic heterocycles. The van der Waals surface area contributed by atoms with Crippen LogP contribution in [-0.4, -0.2) is 37.5 Å². The Labute approximate surface area is 179 Å². The number of nitrogens with zero attached hydrogens (tertiary/aromatic N) is 1. The van der Waals surface area contributed by atoms with Crippen LogP contribution in [0.2, 0.25) is 5.02 Å². The highest BCUT2D eigenvalue weighted by molar-refractivity contribution is 6.30. The van der Waals surface area contributed by atoms with Crippen LogP contribution in [-0.2, 0) is 4.74 Å². The van der Waals surface area contributed by atoms with Gasteiger partial charge in [0.25, 0.3) is 0 Å². The Morgan fingerprint density at radius 1 is 1.17 bits per heavy atom. The monoisotopic (exact) mass is 414 g/mol. The molecule has 7 rings (SSSR count). The van der Waals surface area contributed by atoms with Crippen LogP contribution < -0.4 is 16.0 Å². The Bertz CT molecular complexity index is 729.